The number of carbonyl (C=O) groups is 1. The quantitative estimate of drug-likeness (QED) is 0.708. The van der Waals surface area contributed by atoms with Gasteiger partial charge in [-0.1, -0.05) is 48.9 Å². The molecule has 1 aliphatic heterocycles. The third-order valence-electron chi connectivity index (χ3n) is 5.03. The van der Waals surface area contributed by atoms with Crippen molar-refractivity contribution in [3.05, 3.63) is 59.9 Å². The molecule has 0 unspecified atom stereocenters. The minimum Gasteiger partial charge on any atom is -0.464 e. The van der Waals surface area contributed by atoms with Crippen molar-refractivity contribution in [1.82, 2.24) is 4.90 Å². The Kier molecular flexibility index (Phi) is 6.40. The van der Waals surface area contributed by atoms with Crippen LogP contribution in [0.5, 0.6) is 0 Å². The van der Waals surface area contributed by atoms with Crippen molar-refractivity contribution in [3.63, 3.8) is 0 Å². The molecule has 138 valence electrons. The fourth-order valence-electron chi connectivity index (χ4n) is 3.37. The summed E-state index contributed by atoms with van der Waals surface area (Å²) >= 11 is 0. The van der Waals surface area contributed by atoms with Crippen molar-refractivity contribution in [1.29, 1.82) is 0 Å². The number of piperidine rings is 1. The van der Waals surface area contributed by atoms with Crippen LogP contribution in [-0.2, 0) is 9.53 Å². The molecule has 4 heteroatoms. The van der Waals surface area contributed by atoms with E-state index < -0.39 is 5.92 Å². The van der Waals surface area contributed by atoms with Crippen LogP contribution in [-0.4, -0.2) is 37.1 Å². The van der Waals surface area contributed by atoms with Gasteiger partial charge in [0.05, 0.1) is 5.92 Å². The third-order valence-corrected chi connectivity index (χ3v) is 5.03. The summed E-state index contributed by atoms with van der Waals surface area (Å²) in [6, 6.07) is 14.4. The van der Waals surface area contributed by atoms with Crippen LogP contribution >= 0.6 is 0 Å². The largest absolute Gasteiger partial charge is 0.464 e. The monoisotopic (exact) mass is 355 g/mol. The molecule has 0 aromatic heterocycles. The maximum absolute atomic E-state index is 14.5. The summed E-state index contributed by atoms with van der Waals surface area (Å²) in [4.78, 5) is 14.6. The Balaban J connectivity index is 1.57. The molecule has 3 rings (SSSR count). The summed E-state index contributed by atoms with van der Waals surface area (Å²) in [6.07, 6.45) is 3.73. The molecule has 0 saturated carbocycles. The van der Waals surface area contributed by atoms with Crippen molar-refractivity contribution in [2.24, 2.45) is 0 Å². The first-order valence-electron chi connectivity index (χ1n) is 9.39. The molecule has 0 spiro atoms. The number of halogens is 1. The second kappa shape index (κ2) is 8.95. The zero-order valence-electron chi connectivity index (χ0n) is 15.3. The van der Waals surface area contributed by atoms with Crippen LogP contribution in [0.2, 0.25) is 0 Å². The number of likely N-dealkylation sites (tertiary alicyclic amines) is 1. The van der Waals surface area contributed by atoms with E-state index in [4.69, 9.17) is 4.74 Å². The normalized spacial score (nSPS) is 16.2. The van der Waals surface area contributed by atoms with E-state index in [0.717, 1.165) is 25.2 Å². The van der Waals surface area contributed by atoms with Crippen molar-refractivity contribution < 1.29 is 13.9 Å². The van der Waals surface area contributed by atoms with E-state index in [-0.39, 0.29) is 11.8 Å². The molecule has 2 aromatic carbocycles. The molecule has 2 aromatic rings. The van der Waals surface area contributed by atoms with E-state index in [2.05, 4.69) is 4.90 Å². The van der Waals surface area contributed by atoms with Gasteiger partial charge in [0.1, 0.15) is 12.4 Å². The van der Waals surface area contributed by atoms with Gasteiger partial charge in [0.2, 0.25) is 0 Å². The van der Waals surface area contributed by atoms with Crippen LogP contribution < -0.4 is 0 Å². The van der Waals surface area contributed by atoms with Gasteiger partial charge in [-0.3, -0.25) is 9.69 Å². The Bertz CT molecular complexity index is 726. The lowest BCUT2D eigenvalue weighted by Crippen LogP contribution is -2.33. The molecule has 1 aliphatic rings. The highest BCUT2D eigenvalue weighted by Crippen LogP contribution is 2.26. The van der Waals surface area contributed by atoms with E-state index in [1.807, 2.05) is 36.4 Å². The summed E-state index contributed by atoms with van der Waals surface area (Å²) in [6.45, 7) is 5.10. The fourth-order valence-corrected chi connectivity index (χ4v) is 3.37. The van der Waals surface area contributed by atoms with E-state index in [9.17, 15) is 9.18 Å². The molecule has 0 N–H and O–H groups in total. The lowest BCUT2D eigenvalue weighted by atomic mass is 9.97. The topological polar surface area (TPSA) is 29.5 Å². The van der Waals surface area contributed by atoms with Gasteiger partial charge in [-0.25, -0.2) is 4.39 Å². The van der Waals surface area contributed by atoms with Crippen molar-refractivity contribution >= 4 is 5.97 Å². The van der Waals surface area contributed by atoms with Crippen molar-refractivity contribution in [2.75, 3.05) is 26.2 Å². The molecular formula is C22H26FNO2. The summed E-state index contributed by atoms with van der Waals surface area (Å²) in [5.74, 6) is -1.09. The van der Waals surface area contributed by atoms with Crippen LogP contribution in [0.1, 0.15) is 37.7 Å². The summed E-state index contributed by atoms with van der Waals surface area (Å²) < 4.78 is 19.9. The molecule has 1 atom stereocenters. The molecular weight excluding hydrogens is 329 g/mol. The standard InChI is InChI=1S/C22H26FNO2/c1-17(22(25)26-15-14-24-12-6-3-7-13-24)19-10-11-20(21(23)16-19)18-8-4-2-5-9-18/h2,4-5,8-11,16-17H,3,6-7,12-15H2,1H3/t17-/m1/s1. The van der Waals surface area contributed by atoms with Gasteiger partial charge in [0, 0.05) is 12.1 Å². The number of hydrogen-bond acceptors (Lipinski definition) is 3. The maximum Gasteiger partial charge on any atom is 0.313 e. The van der Waals surface area contributed by atoms with Gasteiger partial charge in [0.25, 0.3) is 0 Å². The summed E-state index contributed by atoms with van der Waals surface area (Å²) in [5, 5.41) is 0. The van der Waals surface area contributed by atoms with Gasteiger partial charge in [-0.2, -0.15) is 0 Å². The molecule has 26 heavy (non-hydrogen) atoms. The van der Waals surface area contributed by atoms with Gasteiger partial charge >= 0.3 is 5.97 Å². The third kappa shape index (κ3) is 4.70. The van der Waals surface area contributed by atoms with Crippen LogP contribution in [0.3, 0.4) is 0 Å². The Labute approximate surface area is 154 Å². The van der Waals surface area contributed by atoms with Crippen LogP contribution in [0.25, 0.3) is 11.1 Å². The molecule has 0 aliphatic carbocycles. The predicted molar refractivity (Wildman–Crippen MR) is 102 cm³/mol. The first-order valence-corrected chi connectivity index (χ1v) is 9.39. The second-order valence-corrected chi connectivity index (χ2v) is 6.90. The zero-order valence-corrected chi connectivity index (χ0v) is 15.3. The van der Waals surface area contributed by atoms with Gasteiger partial charge in [0.15, 0.2) is 0 Å². The summed E-state index contributed by atoms with van der Waals surface area (Å²) in [7, 11) is 0. The fraction of sp³-hybridized carbons (Fsp3) is 0.409. The molecule has 1 heterocycles. The Hall–Kier alpha value is -2.20. The van der Waals surface area contributed by atoms with Crippen molar-refractivity contribution in [3.8, 4) is 11.1 Å². The van der Waals surface area contributed by atoms with Gasteiger partial charge in [-0.15, -0.1) is 0 Å². The SMILES string of the molecule is C[C@@H](C(=O)OCCN1CCCCC1)c1ccc(-c2ccccc2)c(F)c1. The number of esters is 1. The first kappa shape index (κ1) is 18.6. The molecule has 3 nitrogen and oxygen atoms in total. The number of ether oxygens (including phenoxy) is 1. The Morgan fingerprint density at radius 2 is 1.85 bits per heavy atom. The number of hydrogen-bond donors (Lipinski definition) is 0. The number of rotatable bonds is 6. The number of nitrogens with zero attached hydrogens (tertiary/aromatic N) is 1. The van der Waals surface area contributed by atoms with E-state index in [0.29, 0.717) is 17.7 Å². The van der Waals surface area contributed by atoms with Gasteiger partial charge < -0.3 is 4.74 Å². The van der Waals surface area contributed by atoms with Gasteiger partial charge in [-0.05, 0) is 50.0 Å². The lowest BCUT2D eigenvalue weighted by molar-refractivity contribution is -0.145. The molecule has 1 fully saturated rings. The lowest BCUT2D eigenvalue weighted by Gasteiger charge is -2.26. The van der Waals surface area contributed by atoms with E-state index in [1.165, 1.54) is 25.3 Å². The molecule has 0 radical (unpaired) electrons. The van der Waals surface area contributed by atoms with Crippen LogP contribution in [0.15, 0.2) is 48.5 Å². The van der Waals surface area contributed by atoms with Crippen LogP contribution in [0, 0.1) is 5.82 Å². The minimum absolute atomic E-state index is 0.297. The van der Waals surface area contributed by atoms with Crippen molar-refractivity contribution in [2.45, 2.75) is 32.1 Å². The predicted octanol–water partition coefficient (Wildman–Crippen LogP) is 4.63. The zero-order chi connectivity index (χ0) is 18.4. The number of benzene rings is 2. The average Bonchev–Trinajstić information content (AvgIpc) is 2.68. The average molecular weight is 355 g/mol. The molecule has 0 bridgehead atoms. The second-order valence-electron chi connectivity index (χ2n) is 6.90. The highest BCUT2D eigenvalue weighted by molar-refractivity contribution is 5.78. The first-order chi connectivity index (χ1) is 12.6. The molecule has 1 saturated heterocycles. The summed E-state index contributed by atoms with van der Waals surface area (Å²) in [5.41, 5.74) is 2.01. The minimum atomic E-state index is -0.476. The highest BCUT2D eigenvalue weighted by Gasteiger charge is 2.19. The Morgan fingerprint density at radius 3 is 2.54 bits per heavy atom. The highest BCUT2D eigenvalue weighted by atomic mass is 19.1. The number of carbonyl (C=O) groups excluding carboxylic acids is 1. The maximum atomic E-state index is 14.5. The smallest absolute Gasteiger partial charge is 0.313 e. The van der Waals surface area contributed by atoms with E-state index >= 15 is 0 Å². The van der Waals surface area contributed by atoms with E-state index in [1.54, 1.807) is 13.0 Å². The van der Waals surface area contributed by atoms with Crippen LogP contribution in [0.4, 0.5) is 4.39 Å². The molecule has 0 amide bonds. The Morgan fingerprint density at radius 1 is 1.12 bits per heavy atom.